The first-order valence-electron chi connectivity index (χ1n) is 17.6. The van der Waals surface area contributed by atoms with E-state index in [0.29, 0.717) is 16.9 Å². The van der Waals surface area contributed by atoms with E-state index >= 15 is 0 Å². The second-order valence-corrected chi connectivity index (χ2v) is 14.4. The van der Waals surface area contributed by atoms with E-state index in [1.807, 2.05) is 66.7 Å². The molecular weight excluding hydrogens is 757 g/mol. The largest absolute Gasteiger partial charge is 0.507 e. The van der Waals surface area contributed by atoms with Gasteiger partial charge in [-0.2, -0.15) is 5.26 Å². The Morgan fingerprint density at radius 3 is 1.90 bits per heavy atom. The number of Topliss-reactive ketones (excluding diaryl/α,β-unsaturated/α-hetero) is 2. The number of allylic oxidation sites excluding steroid dienone is 2. The lowest BCUT2D eigenvalue weighted by atomic mass is 10.00. The van der Waals surface area contributed by atoms with Gasteiger partial charge in [0.1, 0.15) is 23.9 Å². The van der Waals surface area contributed by atoms with Gasteiger partial charge in [0, 0.05) is 48.4 Å². The topological polar surface area (TPSA) is 188 Å². The van der Waals surface area contributed by atoms with Crippen LogP contribution in [-0.2, 0) is 35.8 Å². The van der Waals surface area contributed by atoms with Crippen LogP contribution in [0.4, 0.5) is 5.69 Å². The Morgan fingerprint density at radius 1 is 0.655 bits per heavy atom. The molecule has 0 aliphatic carbocycles. The first kappa shape index (κ1) is 41.5. The third kappa shape index (κ3) is 11.0. The van der Waals surface area contributed by atoms with Crippen LogP contribution in [-0.4, -0.2) is 41.8 Å². The van der Waals surface area contributed by atoms with Gasteiger partial charge in [0.05, 0.1) is 16.5 Å². The second-order valence-electron chi connectivity index (χ2n) is 12.8. The van der Waals surface area contributed by atoms with Crippen molar-refractivity contribution in [2.24, 2.45) is 0 Å². The number of nitriles is 1. The first-order chi connectivity index (χ1) is 27.7. The quantitative estimate of drug-likeness (QED) is 0.0581. The third-order valence-electron chi connectivity index (χ3n) is 8.53. The van der Waals surface area contributed by atoms with Crippen LogP contribution in [0.25, 0.3) is 33.4 Å². The molecule has 0 atom stereocenters. The van der Waals surface area contributed by atoms with E-state index in [1.54, 1.807) is 42.5 Å². The maximum atomic E-state index is 12.7. The molecule has 0 aliphatic heterocycles. The van der Waals surface area contributed by atoms with Crippen molar-refractivity contribution in [2.75, 3.05) is 4.72 Å². The lowest BCUT2D eigenvalue weighted by Crippen LogP contribution is -2.13. The molecule has 58 heavy (non-hydrogen) atoms. The number of aliphatic hydroxyl groups excluding tert-OH is 2. The van der Waals surface area contributed by atoms with Crippen molar-refractivity contribution < 1.29 is 42.5 Å². The molecule has 0 saturated carbocycles. The number of nitrogens with zero attached hydrogens (tertiary/aromatic N) is 1. The Balaban J connectivity index is 0.000000221. The van der Waals surface area contributed by atoms with Gasteiger partial charge in [-0.3, -0.25) is 23.9 Å². The van der Waals surface area contributed by atoms with Crippen molar-refractivity contribution in [3.63, 3.8) is 0 Å². The molecule has 0 bridgehead atoms. The van der Waals surface area contributed by atoms with E-state index in [2.05, 4.69) is 10.8 Å². The zero-order valence-electron chi connectivity index (χ0n) is 31.2. The molecule has 0 saturated heterocycles. The average Bonchev–Trinajstić information content (AvgIpc) is 3.23. The van der Waals surface area contributed by atoms with Gasteiger partial charge in [0.2, 0.25) is 11.6 Å². The standard InChI is InChI=1S/C25H19NO4.C21H17NO5S/c1-17(27)24(28)14-25(29)20-8-5-9-23(13-20)30-16-22-12-19(10-11-21(22)15-26)18-6-3-2-4-7-18;1-14(23)20(24)13-21(25)17-7-4-8-18(11-17)22-28(26,27)19-10-9-15-5-2-3-6-16(15)12-19/h2-14,29H,16H2,1H3;2-13,22,25H,1H3. The second kappa shape index (κ2) is 18.8. The number of sulfonamides is 1. The SMILES string of the molecule is CC(=O)C(=O)C=C(O)c1cccc(NS(=O)(=O)c2ccc3ccccc3c2)c1.CC(=O)C(=O)C=C(O)c1cccc(OCc2cc(-c3ccccc3)ccc2C#N)c1. The molecule has 0 heterocycles. The summed E-state index contributed by atoms with van der Waals surface area (Å²) >= 11 is 0. The number of ether oxygens (including phenoxy) is 1. The Hall–Kier alpha value is -7.62. The highest BCUT2D eigenvalue weighted by Crippen LogP contribution is 2.26. The van der Waals surface area contributed by atoms with Crippen LogP contribution < -0.4 is 9.46 Å². The van der Waals surface area contributed by atoms with Crippen molar-refractivity contribution in [2.45, 2.75) is 25.3 Å². The van der Waals surface area contributed by atoms with Gasteiger partial charge in [-0.1, -0.05) is 91.0 Å². The number of carbonyl (C=O) groups is 4. The Bertz CT molecular complexity index is 2750. The molecular formula is C46H36N2O9S. The highest BCUT2D eigenvalue weighted by molar-refractivity contribution is 7.92. The van der Waals surface area contributed by atoms with Gasteiger partial charge in [-0.05, 0) is 70.4 Å². The van der Waals surface area contributed by atoms with Gasteiger partial charge in [-0.15, -0.1) is 0 Å². The van der Waals surface area contributed by atoms with E-state index in [9.17, 15) is 43.1 Å². The third-order valence-corrected chi connectivity index (χ3v) is 9.91. The number of fused-ring (bicyclic) bond motifs is 1. The molecule has 6 aromatic rings. The predicted octanol–water partition coefficient (Wildman–Crippen LogP) is 8.56. The fourth-order valence-corrected chi connectivity index (χ4v) is 6.53. The molecule has 0 aliphatic rings. The minimum absolute atomic E-state index is 0.100. The molecule has 0 aromatic heterocycles. The van der Waals surface area contributed by atoms with Crippen molar-refractivity contribution in [1.29, 1.82) is 5.26 Å². The molecule has 6 aromatic carbocycles. The van der Waals surface area contributed by atoms with E-state index in [1.165, 1.54) is 30.3 Å². The summed E-state index contributed by atoms with van der Waals surface area (Å²) in [5.74, 6) is -3.28. The summed E-state index contributed by atoms with van der Waals surface area (Å²) in [4.78, 5) is 45.1. The normalized spacial score (nSPS) is 11.4. The fourth-order valence-electron chi connectivity index (χ4n) is 5.45. The maximum absolute atomic E-state index is 12.7. The van der Waals surface area contributed by atoms with Crippen LogP contribution in [0, 0.1) is 11.3 Å². The number of benzene rings is 6. The number of aliphatic hydroxyl groups is 2. The highest BCUT2D eigenvalue weighted by atomic mass is 32.2. The highest BCUT2D eigenvalue weighted by Gasteiger charge is 2.16. The van der Waals surface area contributed by atoms with Crippen molar-refractivity contribution in [1.82, 2.24) is 0 Å². The number of carbonyl (C=O) groups excluding carboxylic acids is 4. The monoisotopic (exact) mass is 792 g/mol. The Labute approximate surface area is 334 Å². The molecule has 11 nitrogen and oxygen atoms in total. The van der Waals surface area contributed by atoms with Crippen molar-refractivity contribution >= 4 is 61.1 Å². The van der Waals surface area contributed by atoms with Crippen LogP contribution in [0.5, 0.6) is 5.75 Å². The molecule has 290 valence electrons. The zero-order chi connectivity index (χ0) is 41.8. The number of ketones is 4. The summed E-state index contributed by atoms with van der Waals surface area (Å²) in [5.41, 5.74) is 4.02. The first-order valence-corrected chi connectivity index (χ1v) is 19.1. The predicted molar refractivity (Wildman–Crippen MR) is 221 cm³/mol. The molecule has 0 unspecified atom stereocenters. The van der Waals surface area contributed by atoms with Gasteiger partial charge >= 0.3 is 0 Å². The lowest BCUT2D eigenvalue weighted by molar-refractivity contribution is -0.132. The van der Waals surface area contributed by atoms with Crippen LogP contribution in [0.2, 0.25) is 0 Å². The number of rotatable bonds is 13. The van der Waals surface area contributed by atoms with Crippen molar-refractivity contribution in [3.8, 4) is 22.9 Å². The molecule has 6 rings (SSSR count). The Morgan fingerprint density at radius 2 is 1.26 bits per heavy atom. The van der Waals surface area contributed by atoms with Gasteiger partial charge in [0.25, 0.3) is 10.0 Å². The van der Waals surface area contributed by atoms with E-state index < -0.39 is 38.9 Å². The summed E-state index contributed by atoms with van der Waals surface area (Å²) in [6.45, 7) is 2.39. The van der Waals surface area contributed by atoms with E-state index in [4.69, 9.17) is 4.74 Å². The molecule has 12 heteroatoms. The van der Waals surface area contributed by atoms with E-state index in [-0.39, 0.29) is 28.5 Å². The summed E-state index contributed by atoms with van der Waals surface area (Å²) in [6, 6.07) is 42.2. The number of hydrogen-bond donors (Lipinski definition) is 3. The van der Waals surface area contributed by atoms with Gasteiger partial charge < -0.3 is 14.9 Å². The van der Waals surface area contributed by atoms with Gasteiger partial charge in [0.15, 0.2) is 11.6 Å². The number of anilines is 1. The lowest BCUT2D eigenvalue weighted by Gasteiger charge is -2.11. The average molecular weight is 793 g/mol. The van der Waals surface area contributed by atoms with Crippen LogP contribution in [0.3, 0.4) is 0 Å². The van der Waals surface area contributed by atoms with Crippen LogP contribution >= 0.6 is 0 Å². The summed E-state index contributed by atoms with van der Waals surface area (Å²) in [5, 5.41) is 31.2. The van der Waals surface area contributed by atoms with E-state index in [0.717, 1.165) is 53.5 Å². The minimum Gasteiger partial charge on any atom is -0.507 e. The summed E-state index contributed by atoms with van der Waals surface area (Å²) in [7, 11) is -3.86. The number of nitrogens with one attached hydrogen (secondary N) is 1. The minimum atomic E-state index is -3.86. The number of hydrogen-bond acceptors (Lipinski definition) is 10. The molecule has 0 fully saturated rings. The van der Waals surface area contributed by atoms with Crippen molar-refractivity contribution in [3.05, 3.63) is 174 Å². The summed E-state index contributed by atoms with van der Waals surface area (Å²) < 4.78 is 33.7. The van der Waals surface area contributed by atoms with Crippen LogP contribution in [0.1, 0.15) is 36.1 Å². The molecule has 0 amide bonds. The zero-order valence-corrected chi connectivity index (χ0v) is 32.1. The van der Waals surface area contributed by atoms with Gasteiger partial charge in [-0.25, -0.2) is 8.42 Å². The van der Waals surface area contributed by atoms with Crippen LogP contribution in [0.15, 0.2) is 157 Å². The fraction of sp³-hybridized carbons (Fsp3) is 0.0652. The summed E-state index contributed by atoms with van der Waals surface area (Å²) in [6.07, 6.45) is 1.69. The molecule has 3 N–H and O–H groups in total. The molecule has 0 spiro atoms. The smallest absolute Gasteiger partial charge is 0.261 e. The molecule has 0 radical (unpaired) electrons. The maximum Gasteiger partial charge on any atom is 0.261 e. The Kier molecular flexibility index (Phi) is 13.5.